The number of nitrogens with one attached hydrogen (secondary N) is 4. The van der Waals surface area contributed by atoms with Crippen molar-refractivity contribution in [3.05, 3.63) is 112 Å². The van der Waals surface area contributed by atoms with Gasteiger partial charge in [-0.2, -0.15) is 8.78 Å². The number of fused-ring (bicyclic) bond motifs is 1. The third kappa shape index (κ3) is 18.1. The van der Waals surface area contributed by atoms with Crippen LogP contribution in [-0.4, -0.2) is 163 Å². The molecular weight excluding hydrogens is 1260 g/mol. The summed E-state index contributed by atoms with van der Waals surface area (Å²) in [6.07, 6.45) is 4.70. The minimum Gasteiger partial charge on any atom is -0.391 e. The molecule has 3 aliphatic rings. The minimum absolute atomic E-state index is 0.00967. The normalized spacial score (nSPS) is 19.2. The predicted octanol–water partition coefficient (Wildman–Crippen LogP) is 8.76. The van der Waals surface area contributed by atoms with E-state index in [0.29, 0.717) is 43.6 Å². The number of aliphatic hydroxyl groups is 1. The molecule has 7 N–H and O–H groups in total. The van der Waals surface area contributed by atoms with Crippen LogP contribution in [0.15, 0.2) is 84.4 Å². The molecule has 0 radical (unpaired) electrons. The highest BCUT2D eigenvalue weighted by Gasteiger charge is 2.51. The molecule has 3 fully saturated rings. The fourth-order valence-corrected chi connectivity index (χ4v) is 14.5. The van der Waals surface area contributed by atoms with E-state index in [9.17, 15) is 66.6 Å². The molecule has 0 saturated carbocycles. The number of β-amino-alcohol motifs (C(OH)–C–C–N with tert-alkyl or cyclic N) is 1. The number of piperazine rings is 1. The van der Waals surface area contributed by atoms with Crippen LogP contribution in [-0.2, 0) is 43.8 Å². The highest BCUT2D eigenvalue weighted by molar-refractivity contribution is 7.52. The summed E-state index contributed by atoms with van der Waals surface area (Å²) >= 11 is 2.49. The van der Waals surface area contributed by atoms with Crippen LogP contribution in [0, 0.1) is 17.8 Å². The highest BCUT2D eigenvalue weighted by atomic mass is 32.1. The summed E-state index contributed by atoms with van der Waals surface area (Å²) in [5.74, 6) is -3.82. The zero-order chi connectivity index (χ0) is 67.7. The Hall–Kier alpha value is -7.02. The minimum atomic E-state index is -5.87. The standard InChI is InChI=1S/C67H88F2N9O12PS2/c1-41(43-23-25-45(26-24-43)57-42(2)71-40-92-57)72-60(83)50-35-49(79)38-78(50)64(87)58(65(3,4)5)73-54(80)22-16-11-9-10-12-17-29-70-55(81)36-56(82)75-31-32-77(51(39-75)62(85)76-30-18-21-46(37-76)44-19-14-13-15-20-44)63(86)59(66(6,7)8)74-61(84)53-34-47-33-48(27-28-52(47)93-53)67(68,69)91(88,89)90/h13-15,19-20,23-28,33-34,40-41,46,49-51,58-59,79H,9-12,16-18,21-22,29-32,35-39H2,1-8H3,(H,70,81)(H,72,83)(H,73,80)(H,74,84)(H2,88,89,90)/t41-,46-,49+,50-,51-,58+,59+/m0/s1. The number of piperidine rings is 1. The van der Waals surface area contributed by atoms with Crippen molar-refractivity contribution >= 4 is 87.6 Å². The van der Waals surface area contributed by atoms with Gasteiger partial charge in [0.25, 0.3) is 5.91 Å². The van der Waals surface area contributed by atoms with Crippen LogP contribution in [0.4, 0.5) is 8.78 Å². The molecule has 7 atom stereocenters. The molecule has 0 spiro atoms. The van der Waals surface area contributed by atoms with Gasteiger partial charge in [0.05, 0.1) is 39.6 Å². The van der Waals surface area contributed by atoms with Crippen LogP contribution in [0.1, 0.15) is 163 Å². The average Bonchev–Trinajstić information content (AvgIpc) is 1.78. The molecule has 0 bridgehead atoms. The maximum absolute atomic E-state index is 15.0. The number of aryl methyl sites for hydroxylation is 1. The van der Waals surface area contributed by atoms with E-state index in [1.165, 1.54) is 26.8 Å². The number of carbonyl (C=O) groups excluding carboxylic acids is 8. The van der Waals surface area contributed by atoms with Crippen molar-refractivity contribution in [3.63, 3.8) is 0 Å². The number of aliphatic hydroxyl groups excluding tert-OH is 1. The lowest BCUT2D eigenvalue weighted by molar-refractivity contribution is -0.155. The summed E-state index contributed by atoms with van der Waals surface area (Å²) in [4.78, 5) is 142. The number of benzene rings is 3. The summed E-state index contributed by atoms with van der Waals surface area (Å²) in [6.45, 7) is 15.3. The molecule has 0 unspecified atom stereocenters. The molecule has 3 aromatic carbocycles. The van der Waals surface area contributed by atoms with Crippen molar-refractivity contribution in [1.29, 1.82) is 0 Å². The molecule has 5 aromatic rings. The lowest BCUT2D eigenvalue weighted by Gasteiger charge is -2.45. The van der Waals surface area contributed by atoms with Gasteiger partial charge in [0.15, 0.2) is 0 Å². The van der Waals surface area contributed by atoms with E-state index in [2.05, 4.69) is 26.3 Å². The van der Waals surface area contributed by atoms with Gasteiger partial charge in [-0.3, -0.25) is 42.9 Å². The van der Waals surface area contributed by atoms with Gasteiger partial charge in [0.2, 0.25) is 41.4 Å². The Kier molecular flexibility index (Phi) is 23.6. The maximum Gasteiger partial charge on any atom is 0.399 e. The summed E-state index contributed by atoms with van der Waals surface area (Å²) < 4.78 is 41.3. The van der Waals surface area contributed by atoms with Crippen molar-refractivity contribution in [2.45, 2.75) is 174 Å². The number of aromatic nitrogens is 1. The van der Waals surface area contributed by atoms with E-state index in [0.717, 1.165) is 82.8 Å². The third-order valence-corrected chi connectivity index (χ3v) is 20.8. The molecule has 2 aromatic heterocycles. The molecule has 504 valence electrons. The first-order valence-electron chi connectivity index (χ1n) is 31.9. The van der Waals surface area contributed by atoms with Crippen molar-refractivity contribution in [3.8, 4) is 10.4 Å². The van der Waals surface area contributed by atoms with Crippen LogP contribution in [0.3, 0.4) is 0 Å². The van der Waals surface area contributed by atoms with E-state index in [4.69, 9.17) is 0 Å². The number of hydrogen-bond acceptors (Lipinski definition) is 13. The lowest BCUT2D eigenvalue weighted by atomic mass is 9.85. The number of rotatable bonds is 24. The largest absolute Gasteiger partial charge is 0.399 e. The number of carbonyl (C=O) groups is 8. The first kappa shape index (κ1) is 71.8. The van der Waals surface area contributed by atoms with Gasteiger partial charge < -0.3 is 55.8 Å². The molecule has 3 aliphatic heterocycles. The second kappa shape index (κ2) is 30.6. The van der Waals surface area contributed by atoms with Crippen LogP contribution >= 0.6 is 30.3 Å². The zero-order valence-corrected chi connectivity index (χ0v) is 56.7. The molecule has 93 heavy (non-hydrogen) atoms. The van der Waals surface area contributed by atoms with Gasteiger partial charge >= 0.3 is 13.3 Å². The van der Waals surface area contributed by atoms with Gasteiger partial charge in [-0.25, -0.2) is 4.98 Å². The quantitative estimate of drug-likeness (QED) is 0.0173. The number of thiazole rings is 1. The van der Waals surface area contributed by atoms with E-state index >= 15 is 0 Å². The molecule has 26 heteroatoms. The van der Waals surface area contributed by atoms with Crippen molar-refractivity contribution in [2.24, 2.45) is 10.8 Å². The van der Waals surface area contributed by atoms with Crippen LogP contribution in [0.2, 0.25) is 0 Å². The number of amides is 8. The Morgan fingerprint density at radius 1 is 0.731 bits per heavy atom. The molecule has 8 amide bonds. The Balaban J connectivity index is 0.795. The van der Waals surface area contributed by atoms with E-state index in [1.54, 1.807) is 42.5 Å². The molecule has 21 nitrogen and oxygen atoms in total. The molecule has 5 heterocycles. The predicted molar refractivity (Wildman–Crippen MR) is 352 cm³/mol. The van der Waals surface area contributed by atoms with Gasteiger partial charge in [0.1, 0.15) is 30.6 Å². The summed E-state index contributed by atoms with van der Waals surface area (Å²) in [7, 11) is -5.87. The number of thiophene rings is 1. The van der Waals surface area contributed by atoms with E-state index < -0.39 is 95.9 Å². The zero-order valence-electron chi connectivity index (χ0n) is 54.1. The number of halogens is 2. The first-order chi connectivity index (χ1) is 43.8. The Morgan fingerprint density at radius 3 is 2.04 bits per heavy atom. The second-order valence-corrected chi connectivity index (χ2v) is 30.5. The number of hydrogen-bond donors (Lipinski definition) is 7. The summed E-state index contributed by atoms with van der Waals surface area (Å²) in [6, 6.07) is 17.3. The summed E-state index contributed by atoms with van der Waals surface area (Å²) in [5.41, 5.74) is -1.35. The number of likely N-dealkylation sites (tertiary alicyclic amines) is 2. The topological polar surface area (TPSA) is 288 Å². The fourth-order valence-electron chi connectivity index (χ4n) is 12.3. The maximum atomic E-state index is 15.0. The van der Waals surface area contributed by atoms with E-state index in [-0.39, 0.29) is 79.0 Å². The number of unbranched alkanes of at least 4 members (excludes halogenated alkanes) is 5. The monoisotopic (exact) mass is 1340 g/mol. The van der Waals surface area contributed by atoms with Crippen molar-refractivity contribution in [1.82, 2.24) is 45.9 Å². The van der Waals surface area contributed by atoms with Crippen molar-refractivity contribution in [2.75, 3.05) is 45.8 Å². The second-order valence-electron chi connectivity index (χ2n) is 26.9. The number of alkyl halides is 2. The SMILES string of the molecule is Cc1ncsc1-c1ccc([C@H](C)NC(=O)[C@@H]2C[C@@H](O)CN2C(=O)[C@@H](NC(=O)CCCCCCCCNC(=O)CC(=O)N2CCN(C(=O)[C@@H](NC(=O)c3cc4cc(C(F)(F)P(=O)(O)O)ccc4s3)C(C)(C)C)[C@H](C(=O)N3CCC[C@H](c4ccccc4)C3)C2)C(C)(C)C)cc1. The van der Waals surface area contributed by atoms with Gasteiger partial charge in [-0.1, -0.05) is 128 Å². The summed E-state index contributed by atoms with van der Waals surface area (Å²) in [5, 5.41) is 22.5. The van der Waals surface area contributed by atoms with Crippen molar-refractivity contribution < 1.29 is 66.6 Å². The van der Waals surface area contributed by atoms with E-state index in [1.807, 2.05) is 89.2 Å². The molecule has 8 rings (SSSR count). The smallest absolute Gasteiger partial charge is 0.391 e. The Bertz CT molecular complexity index is 3550. The Morgan fingerprint density at radius 2 is 1.39 bits per heavy atom. The molecule has 3 saturated heterocycles. The first-order valence-corrected chi connectivity index (χ1v) is 35.2. The van der Waals surface area contributed by atoms with Gasteiger partial charge in [0, 0.05) is 68.3 Å². The van der Waals surface area contributed by atoms with Gasteiger partial charge in [-0.05, 0) is 90.6 Å². The third-order valence-electron chi connectivity index (χ3n) is 17.7. The van der Waals surface area contributed by atoms with Crippen LogP contribution in [0.25, 0.3) is 20.5 Å². The van der Waals surface area contributed by atoms with Gasteiger partial charge in [-0.15, -0.1) is 22.7 Å². The molecular formula is C67H88F2N9O12PS2. The fraction of sp³-hybridized carbons (Fsp3) is 0.537. The molecule has 0 aliphatic carbocycles. The number of nitrogens with zero attached hydrogens (tertiary/aromatic N) is 5. The lowest BCUT2D eigenvalue weighted by Crippen LogP contribution is -2.66. The highest BCUT2D eigenvalue weighted by Crippen LogP contribution is 2.59. The van der Waals surface area contributed by atoms with Crippen LogP contribution in [0.5, 0.6) is 0 Å². The van der Waals surface area contributed by atoms with Crippen LogP contribution < -0.4 is 21.3 Å². The average molecular weight is 1340 g/mol. The Labute approximate surface area is 550 Å².